The van der Waals surface area contributed by atoms with Crippen molar-refractivity contribution < 1.29 is 5.11 Å². The fourth-order valence-electron chi connectivity index (χ4n) is 1.44. The van der Waals surface area contributed by atoms with Gasteiger partial charge in [0.15, 0.2) is 0 Å². The molecule has 2 aromatic carbocycles. The molecule has 1 nitrogen and oxygen atoms in total. The van der Waals surface area contributed by atoms with Crippen LogP contribution in [-0.2, 0) is 0 Å². The van der Waals surface area contributed by atoms with Crippen LogP contribution in [0.2, 0.25) is 15.1 Å². The second-order valence-electron chi connectivity index (χ2n) is 3.26. The molecule has 4 heteroatoms. The standard InChI is InChI=1S/C12H7Cl3O/c13-7-4-5-11(16)9(6-7)8-2-1-3-10(14)12(8)15/h1-6,16H. The molecule has 0 aliphatic rings. The van der Waals surface area contributed by atoms with Gasteiger partial charge in [-0.25, -0.2) is 0 Å². The van der Waals surface area contributed by atoms with Gasteiger partial charge in [-0.1, -0.05) is 46.9 Å². The lowest BCUT2D eigenvalue weighted by Crippen LogP contribution is -1.82. The molecule has 0 saturated carbocycles. The van der Waals surface area contributed by atoms with Crippen molar-refractivity contribution in [3.63, 3.8) is 0 Å². The van der Waals surface area contributed by atoms with Crippen molar-refractivity contribution in [2.75, 3.05) is 0 Å². The van der Waals surface area contributed by atoms with Gasteiger partial charge in [-0.05, 0) is 24.3 Å². The Morgan fingerprint density at radius 1 is 0.875 bits per heavy atom. The second kappa shape index (κ2) is 4.54. The SMILES string of the molecule is Oc1ccc(Cl)cc1-c1cccc(Cl)c1Cl. The lowest BCUT2D eigenvalue weighted by atomic mass is 10.0. The van der Waals surface area contributed by atoms with Gasteiger partial charge in [0, 0.05) is 16.1 Å². The molecule has 0 aliphatic carbocycles. The van der Waals surface area contributed by atoms with Gasteiger partial charge in [-0.2, -0.15) is 0 Å². The Labute approximate surface area is 108 Å². The molecule has 0 amide bonds. The Bertz CT molecular complexity index is 538. The minimum atomic E-state index is 0.119. The van der Waals surface area contributed by atoms with E-state index in [2.05, 4.69) is 0 Å². The zero-order valence-corrected chi connectivity index (χ0v) is 10.3. The maximum atomic E-state index is 9.74. The van der Waals surface area contributed by atoms with Crippen molar-refractivity contribution in [1.29, 1.82) is 0 Å². The Balaban J connectivity index is 2.67. The van der Waals surface area contributed by atoms with E-state index in [0.717, 1.165) is 0 Å². The summed E-state index contributed by atoms with van der Waals surface area (Å²) in [5, 5.41) is 11.1. The van der Waals surface area contributed by atoms with Gasteiger partial charge in [0.1, 0.15) is 5.75 Å². The van der Waals surface area contributed by atoms with Gasteiger partial charge in [-0.3, -0.25) is 0 Å². The highest BCUT2D eigenvalue weighted by atomic mass is 35.5. The van der Waals surface area contributed by atoms with Crippen LogP contribution in [0.5, 0.6) is 5.75 Å². The predicted molar refractivity (Wildman–Crippen MR) is 68.6 cm³/mol. The van der Waals surface area contributed by atoms with E-state index in [0.29, 0.717) is 26.2 Å². The number of phenols is 1. The number of hydrogen-bond donors (Lipinski definition) is 1. The van der Waals surface area contributed by atoms with Gasteiger partial charge in [-0.15, -0.1) is 0 Å². The van der Waals surface area contributed by atoms with Crippen molar-refractivity contribution in [2.24, 2.45) is 0 Å². The van der Waals surface area contributed by atoms with Gasteiger partial charge in [0.05, 0.1) is 10.0 Å². The summed E-state index contributed by atoms with van der Waals surface area (Å²) in [7, 11) is 0. The highest BCUT2D eigenvalue weighted by Crippen LogP contribution is 2.38. The van der Waals surface area contributed by atoms with Crippen LogP contribution in [0.4, 0.5) is 0 Å². The Kier molecular flexibility index (Phi) is 3.29. The van der Waals surface area contributed by atoms with Crippen LogP contribution >= 0.6 is 34.8 Å². The van der Waals surface area contributed by atoms with Gasteiger partial charge >= 0.3 is 0 Å². The summed E-state index contributed by atoms with van der Waals surface area (Å²) in [4.78, 5) is 0. The smallest absolute Gasteiger partial charge is 0.123 e. The van der Waals surface area contributed by atoms with E-state index in [1.165, 1.54) is 6.07 Å². The van der Waals surface area contributed by atoms with Crippen LogP contribution in [-0.4, -0.2) is 5.11 Å². The van der Waals surface area contributed by atoms with E-state index < -0.39 is 0 Å². The monoisotopic (exact) mass is 272 g/mol. The first kappa shape index (κ1) is 11.6. The van der Waals surface area contributed by atoms with E-state index in [4.69, 9.17) is 34.8 Å². The van der Waals surface area contributed by atoms with E-state index in [-0.39, 0.29) is 5.75 Å². The quantitative estimate of drug-likeness (QED) is 0.773. The molecule has 0 fully saturated rings. The minimum Gasteiger partial charge on any atom is -0.507 e. The molecular formula is C12H7Cl3O. The molecule has 82 valence electrons. The van der Waals surface area contributed by atoms with Crippen LogP contribution < -0.4 is 0 Å². The summed E-state index contributed by atoms with van der Waals surface area (Å²) in [6.45, 7) is 0. The normalized spacial score (nSPS) is 10.4. The van der Waals surface area contributed by atoms with Gasteiger partial charge in [0.2, 0.25) is 0 Å². The van der Waals surface area contributed by atoms with E-state index in [1.54, 1.807) is 30.3 Å². The number of rotatable bonds is 1. The fraction of sp³-hybridized carbons (Fsp3) is 0. The minimum absolute atomic E-state index is 0.119. The Morgan fingerprint density at radius 3 is 2.38 bits per heavy atom. The van der Waals surface area contributed by atoms with Crippen molar-refractivity contribution in [2.45, 2.75) is 0 Å². The summed E-state index contributed by atoms with van der Waals surface area (Å²) in [5.41, 5.74) is 1.23. The summed E-state index contributed by atoms with van der Waals surface area (Å²) in [6, 6.07) is 10.0. The van der Waals surface area contributed by atoms with Crippen molar-refractivity contribution in [3.05, 3.63) is 51.5 Å². The summed E-state index contributed by atoms with van der Waals surface area (Å²) >= 11 is 17.8. The van der Waals surface area contributed by atoms with Crippen LogP contribution in [0.1, 0.15) is 0 Å². The molecule has 2 rings (SSSR count). The van der Waals surface area contributed by atoms with Gasteiger partial charge in [0.25, 0.3) is 0 Å². The highest BCUT2D eigenvalue weighted by Gasteiger charge is 2.10. The topological polar surface area (TPSA) is 20.2 Å². The zero-order chi connectivity index (χ0) is 11.7. The van der Waals surface area contributed by atoms with Crippen molar-refractivity contribution in [3.8, 4) is 16.9 Å². The average molecular weight is 274 g/mol. The molecule has 0 heterocycles. The molecular weight excluding hydrogens is 266 g/mol. The maximum Gasteiger partial charge on any atom is 0.123 e. The first-order valence-electron chi connectivity index (χ1n) is 4.52. The van der Waals surface area contributed by atoms with Crippen LogP contribution in [0.25, 0.3) is 11.1 Å². The van der Waals surface area contributed by atoms with E-state index in [9.17, 15) is 5.11 Å². The number of phenolic OH excluding ortho intramolecular Hbond substituents is 1. The van der Waals surface area contributed by atoms with Crippen molar-refractivity contribution >= 4 is 34.8 Å². The first-order valence-corrected chi connectivity index (χ1v) is 5.66. The van der Waals surface area contributed by atoms with Crippen LogP contribution in [0.15, 0.2) is 36.4 Å². The molecule has 16 heavy (non-hydrogen) atoms. The third-order valence-corrected chi connectivity index (χ3v) is 3.25. The third kappa shape index (κ3) is 2.12. The zero-order valence-electron chi connectivity index (χ0n) is 8.05. The molecule has 0 aromatic heterocycles. The number of aromatic hydroxyl groups is 1. The molecule has 0 spiro atoms. The highest BCUT2D eigenvalue weighted by molar-refractivity contribution is 6.43. The van der Waals surface area contributed by atoms with Crippen molar-refractivity contribution in [1.82, 2.24) is 0 Å². The molecule has 0 unspecified atom stereocenters. The molecule has 0 radical (unpaired) electrons. The number of halogens is 3. The van der Waals surface area contributed by atoms with Crippen LogP contribution in [0, 0.1) is 0 Å². The van der Waals surface area contributed by atoms with E-state index >= 15 is 0 Å². The van der Waals surface area contributed by atoms with E-state index in [1.807, 2.05) is 0 Å². The number of benzene rings is 2. The average Bonchev–Trinajstić information content (AvgIpc) is 2.26. The Morgan fingerprint density at radius 2 is 1.62 bits per heavy atom. The summed E-state index contributed by atoms with van der Waals surface area (Å²) in [6.07, 6.45) is 0. The predicted octanol–water partition coefficient (Wildman–Crippen LogP) is 5.02. The maximum absolute atomic E-state index is 9.74. The first-order chi connectivity index (χ1) is 7.59. The molecule has 0 bridgehead atoms. The molecule has 0 aliphatic heterocycles. The fourth-order valence-corrected chi connectivity index (χ4v) is 2.01. The summed E-state index contributed by atoms with van der Waals surface area (Å²) in [5.74, 6) is 0.119. The lowest BCUT2D eigenvalue weighted by molar-refractivity contribution is 0.477. The third-order valence-electron chi connectivity index (χ3n) is 2.20. The largest absolute Gasteiger partial charge is 0.507 e. The summed E-state index contributed by atoms with van der Waals surface area (Å²) < 4.78 is 0. The number of hydrogen-bond acceptors (Lipinski definition) is 1. The van der Waals surface area contributed by atoms with Crippen LogP contribution in [0.3, 0.4) is 0 Å². The molecule has 0 saturated heterocycles. The lowest BCUT2D eigenvalue weighted by Gasteiger charge is -2.08. The second-order valence-corrected chi connectivity index (χ2v) is 4.48. The molecule has 1 N–H and O–H groups in total. The molecule has 0 atom stereocenters. The Hall–Kier alpha value is -0.890. The molecule has 2 aromatic rings. The van der Waals surface area contributed by atoms with Gasteiger partial charge < -0.3 is 5.11 Å².